The van der Waals surface area contributed by atoms with E-state index in [2.05, 4.69) is 18.9 Å². The number of nitrogens with zero attached hydrogens (tertiary/aromatic N) is 2. The number of benzene rings is 1. The van der Waals surface area contributed by atoms with E-state index in [0.717, 1.165) is 17.9 Å². The first-order valence-electron chi connectivity index (χ1n) is 7.48. The zero-order chi connectivity index (χ0) is 15.4. The molecule has 116 valence electrons. The Balaban J connectivity index is 2.28. The summed E-state index contributed by atoms with van der Waals surface area (Å²) in [5.41, 5.74) is 7.62. The van der Waals surface area contributed by atoms with Gasteiger partial charge in [-0.1, -0.05) is 19.1 Å². The maximum Gasteiger partial charge on any atom is 0.227 e. The van der Waals surface area contributed by atoms with E-state index in [9.17, 15) is 9.90 Å². The molecule has 2 rings (SSSR count). The SMILES string of the molecule is C[C@@H]1CN(C)c2ccccc2N(C(=O)C[C@@H](CN)CO)C1. The highest BCUT2D eigenvalue weighted by atomic mass is 16.3. The molecule has 0 aromatic heterocycles. The molecule has 0 fully saturated rings. The Labute approximate surface area is 126 Å². The minimum absolute atomic E-state index is 0.0362. The molecule has 1 aliphatic heterocycles. The lowest BCUT2D eigenvalue weighted by Gasteiger charge is -2.26. The summed E-state index contributed by atoms with van der Waals surface area (Å²) in [6.07, 6.45) is 0.289. The lowest BCUT2D eigenvalue weighted by Crippen LogP contribution is -2.37. The molecular formula is C16H25N3O2. The zero-order valence-electron chi connectivity index (χ0n) is 12.8. The summed E-state index contributed by atoms with van der Waals surface area (Å²) in [7, 11) is 2.06. The van der Waals surface area contributed by atoms with Crippen molar-refractivity contribution in [1.82, 2.24) is 0 Å². The molecule has 1 aromatic rings. The molecular weight excluding hydrogens is 266 g/mol. The second kappa shape index (κ2) is 6.91. The maximum atomic E-state index is 12.6. The Bertz CT molecular complexity index is 488. The van der Waals surface area contributed by atoms with Crippen molar-refractivity contribution in [1.29, 1.82) is 0 Å². The van der Waals surface area contributed by atoms with Crippen molar-refractivity contribution in [3.63, 3.8) is 0 Å². The van der Waals surface area contributed by atoms with Crippen LogP contribution in [0.3, 0.4) is 0 Å². The van der Waals surface area contributed by atoms with E-state index < -0.39 is 0 Å². The maximum absolute atomic E-state index is 12.6. The van der Waals surface area contributed by atoms with Crippen molar-refractivity contribution >= 4 is 17.3 Å². The number of rotatable bonds is 4. The van der Waals surface area contributed by atoms with E-state index in [0.29, 0.717) is 19.0 Å². The van der Waals surface area contributed by atoms with Gasteiger partial charge in [0, 0.05) is 39.1 Å². The van der Waals surface area contributed by atoms with Crippen LogP contribution in [-0.4, -0.2) is 44.3 Å². The summed E-state index contributed by atoms with van der Waals surface area (Å²) in [5, 5.41) is 9.26. The first-order valence-corrected chi connectivity index (χ1v) is 7.48. The summed E-state index contributed by atoms with van der Waals surface area (Å²) in [6, 6.07) is 7.97. The van der Waals surface area contributed by atoms with Gasteiger partial charge in [-0.15, -0.1) is 0 Å². The molecule has 5 heteroatoms. The van der Waals surface area contributed by atoms with Crippen LogP contribution in [0.25, 0.3) is 0 Å². The average Bonchev–Trinajstić information content (AvgIpc) is 2.61. The minimum atomic E-state index is -0.166. The monoisotopic (exact) mass is 291 g/mol. The highest BCUT2D eigenvalue weighted by molar-refractivity contribution is 5.97. The Hall–Kier alpha value is -1.59. The number of para-hydroxylation sites is 2. The Morgan fingerprint density at radius 1 is 1.38 bits per heavy atom. The van der Waals surface area contributed by atoms with Crippen molar-refractivity contribution in [3.05, 3.63) is 24.3 Å². The van der Waals surface area contributed by atoms with Gasteiger partial charge in [0.15, 0.2) is 0 Å². The summed E-state index contributed by atoms with van der Waals surface area (Å²) >= 11 is 0. The molecule has 0 saturated carbocycles. The van der Waals surface area contributed by atoms with E-state index in [1.165, 1.54) is 0 Å². The molecule has 0 radical (unpaired) electrons. The van der Waals surface area contributed by atoms with Crippen LogP contribution in [0.4, 0.5) is 11.4 Å². The molecule has 1 aliphatic rings. The molecule has 1 heterocycles. The van der Waals surface area contributed by atoms with Crippen LogP contribution in [-0.2, 0) is 4.79 Å². The van der Waals surface area contributed by atoms with Crippen molar-refractivity contribution in [2.75, 3.05) is 43.1 Å². The third-order valence-corrected chi connectivity index (χ3v) is 4.02. The van der Waals surface area contributed by atoms with Gasteiger partial charge in [0.25, 0.3) is 0 Å². The van der Waals surface area contributed by atoms with E-state index in [1.807, 2.05) is 29.2 Å². The number of aliphatic hydroxyl groups is 1. The first kappa shape index (κ1) is 15.8. The molecule has 5 nitrogen and oxygen atoms in total. The van der Waals surface area contributed by atoms with Gasteiger partial charge >= 0.3 is 0 Å². The Morgan fingerprint density at radius 2 is 2.05 bits per heavy atom. The van der Waals surface area contributed by atoms with Crippen LogP contribution in [0, 0.1) is 11.8 Å². The van der Waals surface area contributed by atoms with Gasteiger partial charge in [0.05, 0.1) is 11.4 Å². The van der Waals surface area contributed by atoms with E-state index in [-0.39, 0.29) is 24.9 Å². The molecule has 21 heavy (non-hydrogen) atoms. The fourth-order valence-electron chi connectivity index (χ4n) is 2.86. The minimum Gasteiger partial charge on any atom is -0.396 e. The number of aliphatic hydroxyl groups excluding tert-OH is 1. The third-order valence-electron chi connectivity index (χ3n) is 4.02. The van der Waals surface area contributed by atoms with E-state index in [1.54, 1.807) is 0 Å². The van der Waals surface area contributed by atoms with Gasteiger partial charge in [-0.25, -0.2) is 0 Å². The molecule has 0 unspecified atom stereocenters. The quantitative estimate of drug-likeness (QED) is 0.870. The normalized spacial score (nSPS) is 19.9. The highest BCUT2D eigenvalue weighted by Crippen LogP contribution is 2.33. The predicted molar refractivity (Wildman–Crippen MR) is 85.5 cm³/mol. The third kappa shape index (κ3) is 3.54. The second-order valence-electron chi connectivity index (χ2n) is 5.97. The molecule has 0 bridgehead atoms. The van der Waals surface area contributed by atoms with Crippen molar-refractivity contribution in [3.8, 4) is 0 Å². The number of hydrogen-bond donors (Lipinski definition) is 2. The lowest BCUT2D eigenvalue weighted by molar-refractivity contribution is -0.119. The number of amides is 1. The number of hydrogen-bond acceptors (Lipinski definition) is 4. The number of carbonyl (C=O) groups excluding carboxylic acids is 1. The molecule has 0 spiro atoms. The summed E-state index contributed by atoms with van der Waals surface area (Å²) < 4.78 is 0. The van der Waals surface area contributed by atoms with Gasteiger partial charge in [-0.2, -0.15) is 0 Å². The lowest BCUT2D eigenvalue weighted by atomic mass is 10.0. The van der Waals surface area contributed by atoms with Crippen LogP contribution in [0.15, 0.2) is 24.3 Å². The van der Waals surface area contributed by atoms with Crippen LogP contribution < -0.4 is 15.5 Å². The number of anilines is 2. The molecule has 2 atom stereocenters. The number of carbonyl (C=O) groups is 1. The number of fused-ring (bicyclic) bond motifs is 1. The van der Waals surface area contributed by atoms with Crippen molar-refractivity contribution < 1.29 is 9.90 Å². The summed E-state index contributed by atoms with van der Waals surface area (Å²) in [4.78, 5) is 16.7. The van der Waals surface area contributed by atoms with E-state index >= 15 is 0 Å². The Kier molecular flexibility index (Phi) is 5.20. The van der Waals surface area contributed by atoms with Gasteiger partial charge in [0.2, 0.25) is 5.91 Å². The average molecular weight is 291 g/mol. The molecule has 1 amide bonds. The topological polar surface area (TPSA) is 69.8 Å². The molecule has 0 saturated heterocycles. The number of nitrogens with two attached hydrogens (primary N) is 1. The van der Waals surface area contributed by atoms with Gasteiger partial charge in [0.1, 0.15) is 0 Å². The zero-order valence-corrected chi connectivity index (χ0v) is 12.8. The van der Waals surface area contributed by atoms with Crippen LogP contribution >= 0.6 is 0 Å². The van der Waals surface area contributed by atoms with Crippen LogP contribution in [0.1, 0.15) is 13.3 Å². The molecule has 1 aromatic carbocycles. The fraction of sp³-hybridized carbons (Fsp3) is 0.562. The van der Waals surface area contributed by atoms with Gasteiger partial charge in [-0.05, 0) is 24.6 Å². The second-order valence-corrected chi connectivity index (χ2v) is 5.97. The highest BCUT2D eigenvalue weighted by Gasteiger charge is 2.27. The van der Waals surface area contributed by atoms with Crippen molar-refractivity contribution in [2.45, 2.75) is 13.3 Å². The smallest absolute Gasteiger partial charge is 0.227 e. The summed E-state index contributed by atoms with van der Waals surface area (Å²) in [5.74, 6) is 0.256. The van der Waals surface area contributed by atoms with Crippen LogP contribution in [0.5, 0.6) is 0 Å². The largest absolute Gasteiger partial charge is 0.396 e. The molecule has 0 aliphatic carbocycles. The van der Waals surface area contributed by atoms with Crippen LogP contribution in [0.2, 0.25) is 0 Å². The fourth-order valence-corrected chi connectivity index (χ4v) is 2.86. The summed E-state index contributed by atoms with van der Waals surface area (Å²) in [6.45, 7) is 4.04. The standard InChI is InChI=1S/C16H25N3O2/c1-12-9-18(2)14-5-3-4-6-15(14)19(10-12)16(21)7-13(8-17)11-20/h3-6,12-13,20H,7-11,17H2,1-2H3/t12-,13+/m1/s1. The van der Waals surface area contributed by atoms with E-state index in [4.69, 9.17) is 5.73 Å². The molecule has 3 N–H and O–H groups in total. The Morgan fingerprint density at radius 3 is 2.67 bits per heavy atom. The van der Waals surface area contributed by atoms with Crippen molar-refractivity contribution in [2.24, 2.45) is 17.6 Å². The first-order chi connectivity index (χ1) is 10.1. The predicted octanol–water partition coefficient (Wildman–Crippen LogP) is 1.06. The van der Waals surface area contributed by atoms with Gasteiger partial charge in [-0.3, -0.25) is 4.79 Å². The van der Waals surface area contributed by atoms with Gasteiger partial charge < -0.3 is 20.6 Å².